The molecule has 1 heterocycles. The van der Waals surface area contributed by atoms with Gasteiger partial charge in [0.05, 0.1) is 17.0 Å². The van der Waals surface area contributed by atoms with E-state index in [1.807, 2.05) is 26.8 Å². The van der Waals surface area contributed by atoms with Gasteiger partial charge in [0, 0.05) is 22.4 Å². The van der Waals surface area contributed by atoms with E-state index in [4.69, 9.17) is 4.42 Å². The summed E-state index contributed by atoms with van der Waals surface area (Å²) in [7, 11) is 0. The van der Waals surface area contributed by atoms with Crippen LogP contribution >= 0.6 is 0 Å². The van der Waals surface area contributed by atoms with E-state index in [1.54, 1.807) is 31.2 Å². The number of rotatable bonds is 5. The fraction of sp³-hybridized carbons (Fsp3) is 0.185. The lowest BCUT2D eigenvalue weighted by molar-refractivity contribution is 0.0697. The average Bonchev–Trinajstić information content (AvgIpc) is 2.79. The van der Waals surface area contributed by atoms with E-state index in [-0.39, 0.29) is 27.9 Å². The summed E-state index contributed by atoms with van der Waals surface area (Å²) in [6.45, 7) is 7.07. The Hall–Kier alpha value is -4.00. The molecule has 0 aliphatic heterocycles. The molecule has 174 valence electrons. The minimum atomic E-state index is -1.06. The van der Waals surface area contributed by atoms with Crippen molar-refractivity contribution >= 4 is 22.6 Å². The fourth-order valence-electron chi connectivity index (χ4n) is 4.07. The molecule has 1 unspecified atom stereocenters. The summed E-state index contributed by atoms with van der Waals surface area (Å²) in [5, 5.41) is 13.2. The molecule has 7 heteroatoms. The van der Waals surface area contributed by atoms with E-state index in [9.17, 15) is 23.5 Å². The van der Waals surface area contributed by atoms with Crippen LogP contribution in [0.2, 0.25) is 0 Å². The fourth-order valence-corrected chi connectivity index (χ4v) is 4.07. The lowest BCUT2D eigenvalue weighted by Crippen LogP contribution is -2.14. The number of fused-ring (bicyclic) bond motifs is 1. The zero-order valence-corrected chi connectivity index (χ0v) is 19.1. The Morgan fingerprint density at radius 3 is 2.38 bits per heavy atom. The summed E-state index contributed by atoms with van der Waals surface area (Å²) in [6, 6.07) is 11.5. The number of nitrogens with one attached hydrogen (secondary N) is 1. The molecule has 0 saturated carbocycles. The first-order valence-corrected chi connectivity index (χ1v) is 10.7. The number of carboxylic acids is 1. The van der Waals surface area contributed by atoms with Gasteiger partial charge in [0.1, 0.15) is 11.3 Å². The van der Waals surface area contributed by atoms with Crippen LogP contribution in [0.5, 0.6) is 0 Å². The van der Waals surface area contributed by atoms with E-state index in [0.29, 0.717) is 22.2 Å². The highest BCUT2D eigenvalue weighted by molar-refractivity contribution is 5.94. The summed E-state index contributed by atoms with van der Waals surface area (Å²) in [5.74, 6) is -2.95. The number of aromatic carboxylic acids is 1. The predicted octanol–water partition coefficient (Wildman–Crippen LogP) is 6.53. The van der Waals surface area contributed by atoms with Crippen LogP contribution in [0.1, 0.15) is 45.6 Å². The molecule has 0 radical (unpaired) electrons. The van der Waals surface area contributed by atoms with E-state index in [2.05, 4.69) is 5.32 Å². The van der Waals surface area contributed by atoms with Crippen molar-refractivity contribution in [3.63, 3.8) is 0 Å². The van der Waals surface area contributed by atoms with Crippen molar-refractivity contribution in [2.45, 2.75) is 33.7 Å². The molecule has 5 nitrogen and oxygen atoms in total. The van der Waals surface area contributed by atoms with Crippen LogP contribution in [0.25, 0.3) is 22.3 Å². The minimum absolute atomic E-state index is 0.128. The predicted molar refractivity (Wildman–Crippen MR) is 127 cm³/mol. The van der Waals surface area contributed by atoms with E-state index in [0.717, 1.165) is 23.3 Å². The van der Waals surface area contributed by atoms with Gasteiger partial charge in [-0.15, -0.1) is 0 Å². The van der Waals surface area contributed by atoms with Gasteiger partial charge in [0.15, 0.2) is 17.1 Å². The van der Waals surface area contributed by atoms with Crippen molar-refractivity contribution in [2.24, 2.45) is 0 Å². The zero-order chi connectivity index (χ0) is 24.7. The maximum Gasteiger partial charge on any atom is 0.337 e. The number of anilines is 1. The van der Waals surface area contributed by atoms with E-state index < -0.39 is 23.6 Å². The normalized spacial score (nSPS) is 12.1. The Bertz CT molecular complexity index is 1510. The molecule has 0 aliphatic carbocycles. The second-order valence-electron chi connectivity index (χ2n) is 8.47. The van der Waals surface area contributed by atoms with Crippen LogP contribution in [-0.4, -0.2) is 11.1 Å². The molecule has 0 aliphatic rings. The number of aryl methyl sites for hydroxylation is 2. The summed E-state index contributed by atoms with van der Waals surface area (Å²) in [5.41, 5.74) is 3.37. The Kier molecular flexibility index (Phi) is 5.96. The summed E-state index contributed by atoms with van der Waals surface area (Å²) in [6.07, 6.45) is 0. The Morgan fingerprint density at radius 2 is 1.71 bits per heavy atom. The first kappa shape index (κ1) is 23.2. The first-order chi connectivity index (χ1) is 16.1. The van der Waals surface area contributed by atoms with Gasteiger partial charge in [0.2, 0.25) is 0 Å². The van der Waals surface area contributed by atoms with Crippen LogP contribution in [0.15, 0.2) is 57.7 Å². The zero-order valence-electron chi connectivity index (χ0n) is 19.1. The first-order valence-electron chi connectivity index (χ1n) is 10.7. The minimum Gasteiger partial charge on any atom is -0.478 e. The van der Waals surface area contributed by atoms with E-state index >= 15 is 0 Å². The smallest absolute Gasteiger partial charge is 0.337 e. The summed E-state index contributed by atoms with van der Waals surface area (Å²) in [4.78, 5) is 25.0. The number of benzene rings is 3. The third-order valence-electron chi connectivity index (χ3n) is 5.82. The molecule has 0 spiro atoms. The number of carbonyl (C=O) groups is 1. The highest BCUT2D eigenvalue weighted by Crippen LogP contribution is 2.33. The highest BCUT2D eigenvalue weighted by Gasteiger charge is 2.21. The third kappa shape index (κ3) is 4.17. The van der Waals surface area contributed by atoms with Crippen molar-refractivity contribution in [1.82, 2.24) is 0 Å². The third-order valence-corrected chi connectivity index (χ3v) is 5.82. The second kappa shape index (κ2) is 8.74. The van der Waals surface area contributed by atoms with Crippen molar-refractivity contribution < 1.29 is 23.1 Å². The molecule has 0 fully saturated rings. The van der Waals surface area contributed by atoms with Gasteiger partial charge in [-0.05, 0) is 69.7 Å². The molecule has 2 N–H and O–H groups in total. The van der Waals surface area contributed by atoms with Crippen LogP contribution in [0, 0.1) is 32.4 Å². The molecular weight excluding hydrogens is 440 g/mol. The van der Waals surface area contributed by atoms with Crippen LogP contribution in [0.4, 0.5) is 14.5 Å². The topological polar surface area (TPSA) is 79.5 Å². The number of halogens is 2. The molecule has 4 aromatic rings. The summed E-state index contributed by atoms with van der Waals surface area (Å²) >= 11 is 0. The van der Waals surface area contributed by atoms with Gasteiger partial charge in [-0.2, -0.15) is 0 Å². The molecule has 1 atom stereocenters. The van der Waals surface area contributed by atoms with Crippen LogP contribution in [0.3, 0.4) is 0 Å². The van der Waals surface area contributed by atoms with Crippen molar-refractivity contribution in [1.29, 1.82) is 0 Å². The quantitative estimate of drug-likeness (QED) is 0.352. The lowest BCUT2D eigenvalue weighted by Gasteiger charge is -2.20. The molecule has 0 saturated heterocycles. The standard InChI is InChI=1S/C27H23F2NO4/c1-13-5-8-23(19(9-13)27(32)33)30-16(4)18-10-14(2)11-20-24(31)15(3)25(34-26(18)20)17-6-7-21(28)22(29)12-17/h5-12,16,30H,1-4H3,(H,32,33). The van der Waals surface area contributed by atoms with Crippen molar-refractivity contribution in [2.75, 3.05) is 5.32 Å². The SMILES string of the molecule is Cc1ccc(NC(C)c2cc(C)cc3c(=O)c(C)c(-c4ccc(F)c(F)c4)oc23)c(C(=O)O)c1. The molecule has 4 rings (SSSR count). The van der Waals surface area contributed by atoms with Gasteiger partial charge in [-0.25, -0.2) is 13.6 Å². The monoisotopic (exact) mass is 463 g/mol. The molecule has 34 heavy (non-hydrogen) atoms. The average molecular weight is 463 g/mol. The van der Waals surface area contributed by atoms with Gasteiger partial charge in [-0.1, -0.05) is 17.7 Å². The van der Waals surface area contributed by atoms with Gasteiger partial charge >= 0.3 is 5.97 Å². The van der Waals surface area contributed by atoms with Crippen LogP contribution < -0.4 is 10.7 Å². The summed E-state index contributed by atoms with van der Waals surface area (Å²) < 4.78 is 33.5. The Labute approximate surface area is 194 Å². The van der Waals surface area contributed by atoms with Gasteiger partial charge in [-0.3, -0.25) is 4.79 Å². The van der Waals surface area contributed by atoms with Gasteiger partial charge in [0.25, 0.3) is 0 Å². The second-order valence-corrected chi connectivity index (χ2v) is 8.47. The number of hydrogen-bond donors (Lipinski definition) is 2. The van der Waals surface area contributed by atoms with Crippen LogP contribution in [-0.2, 0) is 0 Å². The maximum absolute atomic E-state index is 13.9. The molecule has 0 amide bonds. The largest absolute Gasteiger partial charge is 0.478 e. The number of carboxylic acid groups (broad SMARTS) is 1. The molecular formula is C27H23F2NO4. The number of hydrogen-bond acceptors (Lipinski definition) is 4. The van der Waals surface area contributed by atoms with Gasteiger partial charge < -0.3 is 14.8 Å². The Balaban J connectivity index is 1.89. The molecule has 3 aromatic carbocycles. The maximum atomic E-state index is 13.9. The highest BCUT2D eigenvalue weighted by atomic mass is 19.2. The van der Waals surface area contributed by atoms with Crippen molar-refractivity contribution in [3.05, 3.63) is 98.2 Å². The van der Waals surface area contributed by atoms with E-state index in [1.165, 1.54) is 6.07 Å². The molecule has 0 bridgehead atoms. The van der Waals surface area contributed by atoms with Crippen molar-refractivity contribution in [3.8, 4) is 11.3 Å². The Morgan fingerprint density at radius 1 is 0.971 bits per heavy atom. The lowest BCUT2D eigenvalue weighted by atomic mass is 9.98. The molecule has 1 aromatic heterocycles.